The molecule has 0 spiro atoms. The lowest BCUT2D eigenvalue weighted by molar-refractivity contribution is 0.0809. The molecule has 13 heteroatoms. The summed E-state index contributed by atoms with van der Waals surface area (Å²) in [5.74, 6) is 3.01. The number of hydrogen-bond donors (Lipinski definition) is 1. The molecule has 0 bridgehead atoms. The summed E-state index contributed by atoms with van der Waals surface area (Å²) in [5.41, 5.74) is 8.88. The van der Waals surface area contributed by atoms with E-state index in [0.29, 0.717) is 64.9 Å². The van der Waals surface area contributed by atoms with Crippen LogP contribution in [0.25, 0.3) is 11.1 Å². The largest absolute Gasteiger partial charge is 0.497 e. The van der Waals surface area contributed by atoms with Crippen LogP contribution < -0.4 is 33.7 Å². The van der Waals surface area contributed by atoms with E-state index in [1.54, 1.807) is 62.5 Å². The molecule has 9 rings (SSSR count). The fourth-order valence-corrected chi connectivity index (χ4v) is 8.39. The van der Waals surface area contributed by atoms with Gasteiger partial charge in [0.1, 0.15) is 24.7 Å². The van der Waals surface area contributed by atoms with E-state index in [1.165, 1.54) is 0 Å². The molecule has 0 saturated heterocycles. The Kier molecular flexibility index (Phi) is 13.3. The highest BCUT2D eigenvalue weighted by atomic mass is 16.5. The van der Waals surface area contributed by atoms with Crippen molar-refractivity contribution in [2.45, 2.75) is 58.5 Å². The smallest absolute Gasteiger partial charge is 0.260 e. The van der Waals surface area contributed by atoms with Crippen molar-refractivity contribution in [3.05, 3.63) is 142 Å². The SMILES string of the molecule is CC.CNCc1cc(COc2cc3c(cc2OC)C(=O)N2C=C(c4ccc(OC)cc4)CC2C=N3)cc(COc2cc3c(cc2OC)C(=O)N2C=C(c4ccc(OC)cc4)CC2C=N3)c1. The van der Waals surface area contributed by atoms with E-state index < -0.39 is 0 Å². The van der Waals surface area contributed by atoms with Crippen molar-refractivity contribution in [3.63, 3.8) is 0 Å². The highest BCUT2D eigenvalue weighted by Crippen LogP contribution is 2.42. The van der Waals surface area contributed by atoms with Gasteiger partial charge in [0.25, 0.3) is 11.8 Å². The molecule has 0 radical (unpaired) electrons. The van der Waals surface area contributed by atoms with Gasteiger partial charge in [-0.25, -0.2) is 0 Å². The molecule has 4 aliphatic heterocycles. The van der Waals surface area contributed by atoms with E-state index >= 15 is 0 Å². The van der Waals surface area contributed by atoms with Crippen LogP contribution in [0.3, 0.4) is 0 Å². The average Bonchev–Trinajstić information content (AvgIpc) is 3.93. The number of fused-ring (bicyclic) bond motifs is 4. The summed E-state index contributed by atoms with van der Waals surface area (Å²) < 4.78 is 34.9. The molecule has 5 aromatic carbocycles. The lowest BCUT2D eigenvalue weighted by Crippen LogP contribution is -2.32. The minimum atomic E-state index is -0.219. The van der Waals surface area contributed by atoms with Gasteiger partial charge < -0.3 is 43.5 Å². The van der Waals surface area contributed by atoms with E-state index in [0.717, 1.165) is 50.5 Å². The maximum Gasteiger partial charge on any atom is 0.260 e. The minimum absolute atomic E-state index is 0.161. The second kappa shape index (κ2) is 19.6. The minimum Gasteiger partial charge on any atom is -0.497 e. The van der Waals surface area contributed by atoms with Crippen LogP contribution in [0.4, 0.5) is 11.4 Å². The van der Waals surface area contributed by atoms with Gasteiger partial charge in [0.15, 0.2) is 23.0 Å². The summed E-state index contributed by atoms with van der Waals surface area (Å²) in [7, 11) is 8.28. The molecule has 65 heavy (non-hydrogen) atoms. The maximum absolute atomic E-state index is 13.9. The molecule has 1 N–H and O–H groups in total. The summed E-state index contributed by atoms with van der Waals surface area (Å²) in [4.78, 5) is 40.9. The van der Waals surface area contributed by atoms with Gasteiger partial charge in [0.2, 0.25) is 0 Å². The molecule has 0 fully saturated rings. The standard InChI is InChI=1S/C50H47N5O8.C2H6/c1-51-23-30-14-31(28-62-47-21-43-41(19-45(47)60-4)49(56)54-26-35(17-37(54)24-52-43)33-6-10-39(58-2)11-7-33)16-32(15-30)29-63-48-22-44-42(20-46(48)61-5)50(57)55-27-36(18-38(55)25-53-44)34-8-12-40(59-3)13-9-34;1-2/h6-16,19-22,24-27,37-38,51H,17-18,23,28-29H2,1-5H3;1-2H3. The van der Waals surface area contributed by atoms with Crippen LogP contribution in [0, 0.1) is 0 Å². The molecule has 0 saturated carbocycles. The van der Waals surface area contributed by atoms with Gasteiger partial charge in [-0.2, -0.15) is 0 Å². The molecule has 0 aliphatic carbocycles. The fourth-order valence-electron chi connectivity index (χ4n) is 8.39. The lowest BCUT2D eigenvalue weighted by Gasteiger charge is -2.19. The number of hydrogen-bond acceptors (Lipinski definition) is 11. The fraction of sp³-hybridized carbons (Fsp3) is 0.269. The summed E-state index contributed by atoms with van der Waals surface area (Å²) in [5, 5.41) is 3.23. The van der Waals surface area contributed by atoms with Crippen LogP contribution in [-0.2, 0) is 19.8 Å². The Morgan fingerprint density at radius 3 is 1.35 bits per heavy atom. The predicted octanol–water partition coefficient (Wildman–Crippen LogP) is 9.57. The Morgan fingerprint density at radius 2 is 0.969 bits per heavy atom. The third-order valence-corrected chi connectivity index (χ3v) is 11.6. The second-order valence-electron chi connectivity index (χ2n) is 15.6. The number of ether oxygens (including phenoxy) is 6. The highest BCUT2D eigenvalue weighted by molar-refractivity contribution is 6.06. The number of benzene rings is 5. The first kappa shape index (κ1) is 44.2. The third kappa shape index (κ3) is 9.18. The molecule has 5 aromatic rings. The number of rotatable bonds is 14. The number of nitrogens with one attached hydrogen (secondary N) is 1. The zero-order valence-corrected chi connectivity index (χ0v) is 37.7. The van der Waals surface area contributed by atoms with Crippen LogP contribution >= 0.6 is 0 Å². The van der Waals surface area contributed by atoms with Crippen LogP contribution in [0.5, 0.6) is 34.5 Å². The summed E-state index contributed by atoms with van der Waals surface area (Å²) in [6.45, 7) is 5.05. The van der Waals surface area contributed by atoms with Crippen molar-refractivity contribution < 1.29 is 38.0 Å². The molecule has 2 unspecified atom stereocenters. The summed E-state index contributed by atoms with van der Waals surface area (Å²) in [6.07, 6.45) is 8.74. The van der Waals surface area contributed by atoms with E-state index in [1.807, 2.05) is 100 Å². The van der Waals surface area contributed by atoms with Crippen molar-refractivity contribution in [1.29, 1.82) is 0 Å². The Morgan fingerprint density at radius 1 is 0.554 bits per heavy atom. The first-order valence-corrected chi connectivity index (χ1v) is 21.7. The molecule has 2 amide bonds. The first-order valence-electron chi connectivity index (χ1n) is 21.7. The van der Waals surface area contributed by atoms with Crippen molar-refractivity contribution in [2.75, 3.05) is 35.5 Å². The molecule has 4 aliphatic rings. The lowest BCUT2D eigenvalue weighted by atomic mass is 10.0. The summed E-state index contributed by atoms with van der Waals surface area (Å²) >= 11 is 0. The molecule has 13 nitrogen and oxygen atoms in total. The van der Waals surface area contributed by atoms with E-state index in [4.69, 9.17) is 38.4 Å². The van der Waals surface area contributed by atoms with Crippen molar-refractivity contribution in [2.24, 2.45) is 9.98 Å². The zero-order valence-electron chi connectivity index (χ0n) is 37.7. The third-order valence-electron chi connectivity index (χ3n) is 11.6. The highest BCUT2D eigenvalue weighted by Gasteiger charge is 2.35. The number of aliphatic imine (C=N–C) groups is 2. The Labute approximate surface area is 379 Å². The number of nitrogens with zero attached hydrogens (tertiary/aromatic N) is 4. The van der Waals surface area contributed by atoms with Gasteiger partial charge in [-0.3, -0.25) is 19.6 Å². The topological polar surface area (TPSA) is 133 Å². The van der Waals surface area contributed by atoms with Crippen LogP contribution in [-0.4, -0.2) is 81.6 Å². The molecule has 0 aromatic heterocycles. The van der Waals surface area contributed by atoms with Gasteiger partial charge in [0, 0.05) is 56.3 Å². The Bertz CT molecular complexity index is 2530. The van der Waals surface area contributed by atoms with Crippen molar-refractivity contribution in [3.8, 4) is 34.5 Å². The summed E-state index contributed by atoms with van der Waals surface area (Å²) in [6, 6.07) is 28.3. The molecule has 4 heterocycles. The predicted molar refractivity (Wildman–Crippen MR) is 253 cm³/mol. The van der Waals surface area contributed by atoms with Crippen LogP contribution in [0.2, 0.25) is 0 Å². The van der Waals surface area contributed by atoms with Gasteiger partial charge in [-0.05, 0) is 88.5 Å². The normalized spacial score (nSPS) is 16.7. The van der Waals surface area contributed by atoms with E-state index in [2.05, 4.69) is 17.4 Å². The number of amides is 2. The molecular formula is C52H53N5O8. The van der Waals surface area contributed by atoms with Gasteiger partial charge in [-0.15, -0.1) is 0 Å². The molecule has 334 valence electrons. The number of carbonyl (C=O) groups is 2. The van der Waals surface area contributed by atoms with Crippen LogP contribution in [0.15, 0.2) is 113 Å². The van der Waals surface area contributed by atoms with Gasteiger partial charge in [0.05, 0.1) is 63.0 Å². The number of carbonyl (C=O) groups excluding carboxylic acids is 2. The van der Waals surface area contributed by atoms with E-state index in [-0.39, 0.29) is 37.1 Å². The van der Waals surface area contributed by atoms with Crippen molar-refractivity contribution >= 4 is 46.8 Å². The number of methoxy groups -OCH3 is 4. The molecular weight excluding hydrogens is 823 g/mol. The first-order chi connectivity index (χ1) is 31.7. The Hall–Kier alpha value is -7.38. The zero-order chi connectivity index (χ0) is 45.6. The average molecular weight is 876 g/mol. The quantitative estimate of drug-likeness (QED) is 0.116. The second-order valence-corrected chi connectivity index (χ2v) is 15.6. The van der Waals surface area contributed by atoms with Gasteiger partial charge >= 0.3 is 0 Å². The monoisotopic (exact) mass is 875 g/mol. The van der Waals surface area contributed by atoms with Crippen LogP contribution in [0.1, 0.15) is 75.2 Å². The van der Waals surface area contributed by atoms with E-state index in [9.17, 15) is 9.59 Å². The van der Waals surface area contributed by atoms with Crippen molar-refractivity contribution in [1.82, 2.24) is 15.1 Å². The van der Waals surface area contributed by atoms with Gasteiger partial charge in [-0.1, -0.05) is 50.2 Å². The Balaban J connectivity index is 0.00000284. The maximum atomic E-state index is 13.9. The molecule has 2 atom stereocenters.